The van der Waals surface area contributed by atoms with Crippen LogP contribution in [0.5, 0.6) is 0 Å². The number of rotatable bonds is 8. The summed E-state index contributed by atoms with van der Waals surface area (Å²) in [7, 11) is 0. The Bertz CT molecular complexity index is 499. The van der Waals surface area contributed by atoms with Gasteiger partial charge in [-0.25, -0.2) is 0 Å². The van der Waals surface area contributed by atoms with Gasteiger partial charge in [0.25, 0.3) is 5.91 Å². The van der Waals surface area contributed by atoms with Gasteiger partial charge in [-0.15, -0.1) is 11.3 Å². The van der Waals surface area contributed by atoms with Gasteiger partial charge in [0.15, 0.2) is 0 Å². The van der Waals surface area contributed by atoms with Crippen LogP contribution in [0.4, 0.5) is 0 Å². The van der Waals surface area contributed by atoms with Crippen molar-refractivity contribution in [1.82, 2.24) is 5.32 Å². The lowest BCUT2D eigenvalue weighted by molar-refractivity contribution is 0.0916. The smallest absolute Gasteiger partial charge is 0.261 e. The summed E-state index contributed by atoms with van der Waals surface area (Å²) in [6, 6.07) is 1.85. The molecule has 0 bridgehead atoms. The molecule has 1 amide bonds. The van der Waals surface area contributed by atoms with Gasteiger partial charge in [0.05, 0.1) is 23.0 Å². The maximum atomic E-state index is 12.0. The van der Waals surface area contributed by atoms with E-state index in [0.717, 1.165) is 29.9 Å². The molecule has 5 heteroatoms. The first-order valence-corrected chi connectivity index (χ1v) is 8.06. The van der Waals surface area contributed by atoms with Crippen LogP contribution in [0.1, 0.15) is 46.3 Å². The zero-order chi connectivity index (χ0) is 15.5. The Balaban J connectivity index is 2.41. The summed E-state index contributed by atoms with van der Waals surface area (Å²) >= 11 is 1.38. The van der Waals surface area contributed by atoms with E-state index in [0.29, 0.717) is 24.4 Å². The van der Waals surface area contributed by atoms with Crippen molar-refractivity contribution in [3.8, 4) is 11.8 Å². The van der Waals surface area contributed by atoms with E-state index in [-0.39, 0.29) is 12.5 Å². The minimum atomic E-state index is -0.0857. The molecule has 0 aromatic carbocycles. The lowest BCUT2D eigenvalue weighted by atomic mass is 10.2. The molecule has 4 nitrogen and oxygen atoms in total. The first kappa shape index (κ1) is 17.7. The third kappa shape index (κ3) is 6.76. The zero-order valence-corrected chi connectivity index (χ0v) is 13.5. The highest BCUT2D eigenvalue weighted by Gasteiger charge is 2.10. The summed E-state index contributed by atoms with van der Waals surface area (Å²) in [6.45, 7) is 5.91. The molecule has 0 saturated carbocycles. The maximum absolute atomic E-state index is 12.0. The Labute approximate surface area is 130 Å². The van der Waals surface area contributed by atoms with Crippen molar-refractivity contribution >= 4 is 17.2 Å². The molecule has 0 unspecified atom stereocenters. The molecular weight excluding hydrogens is 286 g/mol. The molecule has 0 spiro atoms. The maximum Gasteiger partial charge on any atom is 0.261 e. The molecular formula is C16H23NO3S. The second-order valence-corrected chi connectivity index (χ2v) is 5.67. The van der Waals surface area contributed by atoms with Gasteiger partial charge in [0, 0.05) is 19.6 Å². The number of hydrogen-bond donors (Lipinski definition) is 2. The van der Waals surface area contributed by atoms with Gasteiger partial charge in [-0.2, -0.15) is 0 Å². The van der Waals surface area contributed by atoms with Crippen LogP contribution < -0.4 is 5.32 Å². The number of amides is 1. The van der Waals surface area contributed by atoms with Crippen LogP contribution in [0.2, 0.25) is 0 Å². The number of thiophene rings is 1. The Hall–Kier alpha value is -1.35. The normalized spacial score (nSPS) is 10.0. The van der Waals surface area contributed by atoms with E-state index in [4.69, 9.17) is 9.84 Å². The largest absolute Gasteiger partial charge is 0.395 e. The number of carbonyl (C=O) groups excluding carboxylic acids is 1. The first-order valence-electron chi connectivity index (χ1n) is 7.25. The van der Waals surface area contributed by atoms with E-state index < -0.39 is 0 Å². The van der Waals surface area contributed by atoms with Crippen molar-refractivity contribution in [3.05, 3.63) is 21.4 Å². The molecule has 0 atom stereocenters. The Morgan fingerprint density at radius 3 is 3.00 bits per heavy atom. The second kappa shape index (κ2) is 10.4. The Morgan fingerprint density at radius 1 is 1.48 bits per heavy atom. The summed E-state index contributed by atoms with van der Waals surface area (Å²) in [4.78, 5) is 13.5. The van der Waals surface area contributed by atoms with Gasteiger partial charge in [-0.3, -0.25) is 4.79 Å². The molecule has 116 valence electrons. The topological polar surface area (TPSA) is 58.6 Å². The molecule has 0 aliphatic carbocycles. The quantitative estimate of drug-likeness (QED) is 0.572. The van der Waals surface area contributed by atoms with Gasteiger partial charge in [-0.05, 0) is 25.0 Å². The fourth-order valence-corrected chi connectivity index (χ4v) is 2.55. The zero-order valence-electron chi connectivity index (χ0n) is 12.7. The molecule has 1 aromatic heterocycles. The summed E-state index contributed by atoms with van der Waals surface area (Å²) < 4.78 is 5.40. The number of carbonyl (C=O) groups is 1. The number of nitrogens with one attached hydrogen (secondary N) is 1. The number of aryl methyl sites for hydroxylation is 1. The number of ether oxygens (including phenoxy) is 1. The first-order chi connectivity index (χ1) is 10.2. The molecule has 0 aliphatic heterocycles. The molecule has 2 N–H and O–H groups in total. The number of hydrogen-bond acceptors (Lipinski definition) is 4. The van der Waals surface area contributed by atoms with Crippen LogP contribution in [-0.4, -0.2) is 37.4 Å². The molecule has 0 saturated heterocycles. The van der Waals surface area contributed by atoms with Gasteiger partial charge < -0.3 is 15.2 Å². The number of aliphatic hydroxyl groups is 1. The minimum absolute atomic E-state index is 0.0583. The molecule has 0 aliphatic rings. The summed E-state index contributed by atoms with van der Waals surface area (Å²) in [5.74, 6) is 5.77. The highest BCUT2D eigenvalue weighted by molar-refractivity contribution is 7.14. The van der Waals surface area contributed by atoms with Crippen LogP contribution in [0.25, 0.3) is 0 Å². The van der Waals surface area contributed by atoms with E-state index >= 15 is 0 Å². The monoisotopic (exact) mass is 309 g/mol. The van der Waals surface area contributed by atoms with Crippen molar-refractivity contribution in [2.45, 2.75) is 33.1 Å². The van der Waals surface area contributed by atoms with Crippen LogP contribution in [0.15, 0.2) is 6.07 Å². The van der Waals surface area contributed by atoms with E-state index in [1.165, 1.54) is 11.3 Å². The Morgan fingerprint density at radius 2 is 2.29 bits per heavy atom. The van der Waals surface area contributed by atoms with Gasteiger partial charge in [0.2, 0.25) is 0 Å². The molecule has 0 radical (unpaired) electrons. The summed E-state index contributed by atoms with van der Waals surface area (Å²) in [5.41, 5.74) is 0.995. The molecule has 0 fully saturated rings. The van der Waals surface area contributed by atoms with E-state index in [9.17, 15) is 4.79 Å². The predicted molar refractivity (Wildman–Crippen MR) is 85.7 cm³/mol. The van der Waals surface area contributed by atoms with E-state index in [1.807, 2.05) is 13.0 Å². The molecule has 1 aromatic rings. The van der Waals surface area contributed by atoms with Crippen molar-refractivity contribution in [1.29, 1.82) is 0 Å². The lowest BCUT2D eigenvalue weighted by Crippen LogP contribution is -2.26. The van der Waals surface area contributed by atoms with Crippen molar-refractivity contribution in [2.24, 2.45) is 0 Å². The second-order valence-electron chi connectivity index (χ2n) is 4.62. The third-order valence-corrected chi connectivity index (χ3v) is 3.91. The van der Waals surface area contributed by atoms with Crippen molar-refractivity contribution < 1.29 is 14.6 Å². The number of unbranched alkanes of at least 4 members (excludes halogenated alkanes) is 1. The van der Waals surface area contributed by atoms with Crippen molar-refractivity contribution in [3.63, 3.8) is 0 Å². The molecule has 1 rings (SSSR count). The van der Waals surface area contributed by atoms with Gasteiger partial charge in [0.1, 0.15) is 0 Å². The van der Waals surface area contributed by atoms with E-state index in [2.05, 4.69) is 24.1 Å². The van der Waals surface area contributed by atoms with Crippen LogP contribution in [0, 0.1) is 18.8 Å². The van der Waals surface area contributed by atoms with Crippen LogP contribution in [-0.2, 0) is 4.74 Å². The summed E-state index contributed by atoms with van der Waals surface area (Å²) in [6.07, 6.45) is 2.61. The highest BCUT2D eigenvalue weighted by atomic mass is 32.1. The van der Waals surface area contributed by atoms with Crippen molar-refractivity contribution in [2.75, 3.05) is 26.4 Å². The van der Waals surface area contributed by atoms with Crippen LogP contribution >= 0.6 is 11.3 Å². The van der Waals surface area contributed by atoms with Gasteiger partial charge in [-0.1, -0.05) is 25.2 Å². The molecule has 21 heavy (non-hydrogen) atoms. The third-order valence-electron chi connectivity index (χ3n) is 2.75. The fraction of sp³-hybridized carbons (Fsp3) is 0.562. The average molecular weight is 309 g/mol. The minimum Gasteiger partial charge on any atom is -0.395 e. The predicted octanol–water partition coefficient (Wildman–Crippen LogP) is 2.34. The van der Waals surface area contributed by atoms with Crippen LogP contribution in [0.3, 0.4) is 0 Å². The standard InChI is InChI=1S/C16H23NO3S/c1-3-4-10-20-11-8-17-16(19)15-12-13(2)14(21-15)7-5-6-9-18/h12,18H,3-4,6,8-11H2,1-2H3,(H,17,19). The Kier molecular flexibility index (Phi) is 8.76. The SMILES string of the molecule is CCCCOCCNC(=O)c1cc(C)c(C#CCCO)s1. The average Bonchev–Trinajstić information content (AvgIpc) is 2.84. The van der Waals surface area contributed by atoms with Gasteiger partial charge >= 0.3 is 0 Å². The number of aliphatic hydroxyl groups excluding tert-OH is 1. The lowest BCUT2D eigenvalue weighted by Gasteiger charge is -2.04. The highest BCUT2D eigenvalue weighted by Crippen LogP contribution is 2.20. The fourth-order valence-electron chi connectivity index (χ4n) is 1.59. The molecule has 1 heterocycles. The summed E-state index contributed by atoms with van der Waals surface area (Å²) in [5, 5.41) is 11.5. The van der Waals surface area contributed by atoms with E-state index in [1.54, 1.807) is 0 Å².